The van der Waals surface area contributed by atoms with Gasteiger partial charge in [0.1, 0.15) is 5.94 Å². The smallest absolute Gasteiger partial charge is 0.308 e. The van der Waals surface area contributed by atoms with E-state index in [9.17, 15) is 9.59 Å². The molecule has 0 aromatic carbocycles. The summed E-state index contributed by atoms with van der Waals surface area (Å²) in [7, 11) is 1.40. The normalized spacial score (nSPS) is 21.3. The molecule has 1 fully saturated rings. The number of hydrogen-bond donors (Lipinski definition) is 0. The van der Waals surface area contributed by atoms with E-state index in [2.05, 4.69) is 4.74 Å². The molecule has 74 valence electrons. The standard InChI is InChI=1S/C9H12O3.H2O/c1-12-9(11)8-4-2-7(6-10)3-5-8;/h8H,2-5H2,1H3;1H2. The third-order valence-corrected chi connectivity index (χ3v) is 2.27. The first-order chi connectivity index (χ1) is 5.77. The maximum Gasteiger partial charge on any atom is 0.308 e. The molecule has 0 bridgehead atoms. The summed E-state index contributed by atoms with van der Waals surface area (Å²) in [4.78, 5) is 21.3. The molecule has 0 saturated heterocycles. The van der Waals surface area contributed by atoms with Crippen molar-refractivity contribution in [3.8, 4) is 0 Å². The second-order valence-electron chi connectivity index (χ2n) is 3.00. The molecular weight excluding hydrogens is 172 g/mol. The Morgan fingerprint density at radius 3 is 2.38 bits per heavy atom. The van der Waals surface area contributed by atoms with Gasteiger partial charge in [-0.05, 0) is 25.7 Å². The summed E-state index contributed by atoms with van der Waals surface area (Å²) in [6, 6.07) is 0. The molecule has 0 atom stereocenters. The van der Waals surface area contributed by atoms with E-state index in [1.807, 2.05) is 5.94 Å². The molecule has 1 saturated carbocycles. The quantitative estimate of drug-likeness (QED) is 0.436. The van der Waals surface area contributed by atoms with E-state index in [0.717, 1.165) is 18.4 Å². The predicted molar refractivity (Wildman–Crippen MR) is 46.8 cm³/mol. The van der Waals surface area contributed by atoms with Crippen molar-refractivity contribution in [3.05, 3.63) is 5.57 Å². The Kier molecular flexibility index (Phi) is 5.04. The number of hydrogen-bond acceptors (Lipinski definition) is 3. The van der Waals surface area contributed by atoms with Crippen molar-refractivity contribution >= 4 is 11.9 Å². The van der Waals surface area contributed by atoms with Crippen LogP contribution in [0, 0.1) is 5.92 Å². The molecule has 1 aliphatic rings. The van der Waals surface area contributed by atoms with Crippen LogP contribution in [0.2, 0.25) is 0 Å². The zero-order valence-corrected chi connectivity index (χ0v) is 7.63. The maximum atomic E-state index is 11.0. The van der Waals surface area contributed by atoms with E-state index in [-0.39, 0.29) is 17.4 Å². The van der Waals surface area contributed by atoms with Gasteiger partial charge in [-0.1, -0.05) is 0 Å². The van der Waals surface area contributed by atoms with Crippen LogP contribution in [0.5, 0.6) is 0 Å². The van der Waals surface area contributed by atoms with Gasteiger partial charge in [0.2, 0.25) is 0 Å². The second-order valence-corrected chi connectivity index (χ2v) is 3.00. The summed E-state index contributed by atoms with van der Waals surface area (Å²) in [5.41, 5.74) is 0.801. The van der Waals surface area contributed by atoms with E-state index in [0.29, 0.717) is 12.8 Å². The van der Waals surface area contributed by atoms with Crippen molar-refractivity contribution in [2.75, 3.05) is 7.11 Å². The van der Waals surface area contributed by atoms with E-state index in [1.54, 1.807) is 0 Å². The highest BCUT2D eigenvalue weighted by atomic mass is 16.5. The summed E-state index contributed by atoms with van der Waals surface area (Å²) in [5, 5.41) is 0. The third-order valence-electron chi connectivity index (χ3n) is 2.27. The minimum atomic E-state index is -0.153. The molecule has 0 aromatic rings. The highest BCUT2D eigenvalue weighted by Gasteiger charge is 2.23. The van der Waals surface area contributed by atoms with Crippen LogP contribution in [-0.4, -0.2) is 24.5 Å². The van der Waals surface area contributed by atoms with Crippen molar-refractivity contribution in [2.24, 2.45) is 5.92 Å². The number of carbonyl (C=O) groups is 1. The van der Waals surface area contributed by atoms with Crippen LogP contribution >= 0.6 is 0 Å². The molecule has 0 aliphatic heterocycles. The lowest BCUT2D eigenvalue weighted by atomic mass is 9.86. The first-order valence-corrected chi connectivity index (χ1v) is 4.08. The van der Waals surface area contributed by atoms with Crippen LogP contribution < -0.4 is 0 Å². The average molecular weight is 186 g/mol. The lowest BCUT2D eigenvalue weighted by molar-refractivity contribution is -0.146. The van der Waals surface area contributed by atoms with Crippen LogP contribution in [0.25, 0.3) is 0 Å². The molecule has 2 N–H and O–H groups in total. The maximum absolute atomic E-state index is 11.0. The Morgan fingerprint density at radius 1 is 1.46 bits per heavy atom. The van der Waals surface area contributed by atoms with Crippen molar-refractivity contribution in [2.45, 2.75) is 25.7 Å². The molecule has 0 amide bonds. The Balaban J connectivity index is 0.00000144. The molecule has 4 nitrogen and oxygen atoms in total. The minimum absolute atomic E-state index is 0. The lowest BCUT2D eigenvalue weighted by Crippen LogP contribution is -2.19. The number of allylic oxidation sites excluding steroid dienone is 1. The highest BCUT2D eigenvalue weighted by Crippen LogP contribution is 2.27. The first-order valence-electron chi connectivity index (χ1n) is 4.08. The van der Waals surface area contributed by atoms with Gasteiger partial charge in [-0.15, -0.1) is 0 Å². The van der Waals surface area contributed by atoms with Gasteiger partial charge in [0.15, 0.2) is 0 Å². The molecule has 0 heterocycles. The Bertz CT molecular complexity index is 218. The first kappa shape index (κ1) is 11.9. The summed E-state index contributed by atoms with van der Waals surface area (Å²) in [6.45, 7) is 0. The van der Waals surface area contributed by atoms with E-state index in [1.165, 1.54) is 7.11 Å². The van der Waals surface area contributed by atoms with E-state index < -0.39 is 0 Å². The Labute approximate surface area is 76.9 Å². The molecule has 0 spiro atoms. The van der Waals surface area contributed by atoms with Crippen molar-refractivity contribution in [3.63, 3.8) is 0 Å². The topological polar surface area (TPSA) is 74.9 Å². The number of carbonyl (C=O) groups excluding carboxylic acids is 2. The van der Waals surface area contributed by atoms with Crippen LogP contribution in [0.4, 0.5) is 0 Å². The number of methoxy groups -OCH3 is 1. The zero-order chi connectivity index (χ0) is 8.97. The van der Waals surface area contributed by atoms with E-state index in [4.69, 9.17) is 0 Å². The van der Waals surface area contributed by atoms with Crippen LogP contribution in [0.1, 0.15) is 25.7 Å². The van der Waals surface area contributed by atoms with Gasteiger partial charge in [-0.3, -0.25) is 4.79 Å². The molecule has 1 aliphatic carbocycles. The van der Waals surface area contributed by atoms with Gasteiger partial charge in [0.25, 0.3) is 0 Å². The van der Waals surface area contributed by atoms with Gasteiger partial charge < -0.3 is 10.2 Å². The van der Waals surface area contributed by atoms with Gasteiger partial charge in [0.05, 0.1) is 13.0 Å². The van der Waals surface area contributed by atoms with Gasteiger partial charge in [0, 0.05) is 5.57 Å². The van der Waals surface area contributed by atoms with Crippen LogP contribution in [-0.2, 0) is 14.3 Å². The molecule has 0 unspecified atom stereocenters. The lowest BCUT2D eigenvalue weighted by Gasteiger charge is -2.19. The van der Waals surface area contributed by atoms with Gasteiger partial charge in [-0.25, -0.2) is 4.79 Å². The zero-order valence-electron chi connectivity index (χ0n) is 7.63. The van der Waals surface area contributed by atoms with Gasteiger partial charge >= 0.3 is 5.97 Å². The second kappa shape index (κ2) is 5.51. The molecule has 0 aromatic heterocycles. The fourth-order valence-electron chi connectivity index (χ4n) is 1.47. The summed E-state index contributed by atoms with van der Waals surface area (Å²) < 4.78 is 4.61. The van der Waals surface area contributed by atoms with Crippen molar-refractivity contribution in [1.29, 1.82) is 0 Å². The molecule has 1 rings (SSSR count). The third kappa shape index (κ3) is 3.01. The molecule has 0 radical (unpaired) electrons. The highest BCUT2D eigenvalue weighted by molar-refractivity contribution is 5.72. The molecule has 13 heavy (non-hydrogen) atoms. The van der Waals surface area contributed by atoms with Crippen molar-refractivity contribution < 1.29 is 19.8 Å². The fourth-order valence-corrected chi connectivity index (χ4v) is 1.47. The van der Waals surface area contributed by atoms with Gasteiger partial charge in [-0.2, -0.15) is 0 Å². The number of esters is 1. The molecule has 4 heteroatoms. The van der Waals surface area contributed by atoms with Crippen LogP contribution in [0.3, 0.4) is 0 Å². The molecular formula is C9H14O4. The number of rotatable bonds is 1. The Morgan fingerprint density at radius 2 is 2.00 bits per heavy atom. The summed E-state index contributed by atoms with van der Waals surface area (Å²) in [5.74, 6) is 1.74. The fraction of sp³-hybridized carbons (Fsp3) is 0.667. The summed E-state index contributed by atoms with van der Waals surface area (Å²) >= 11 is 0. The van der Waals surface area contributed by atoms with Crippen LogP contribution in [0.15, 0.2) is 5.57 Å². The number of ether oxygens (including phenoxy) is 1. The predicted octanol–water partition coefficient (Wildman–Crippen LogP) is 0.283. The van der Waals surface area contributed by atoms with E-state index >= 15 is 0 Å². The monoisotopic (exact) mass is 186 g/mol. The minimum Gasteiger partial charge on any atom is -0.469 e. The Hall–Kier alpha value is -1.12. The largest absolute Gasteiger partial charge is 0.469 e. The SMILES string of the molecule is COC(=O)C1CCC(=C=O)CC1.O. The summed E-state index contributed by atoms with van der Waals surface area (Å²) in [6.07, 6.45) is 2.86. The average Bonchev–Trinajstić information content (AvgIpc) is 2.17. The van der Waals surface area contributed by atoms with Crippen molar-refractivity contribution in [1.82, 2.24) is 0 Å².